The quantitative estimate of drug-likeness (QED) is 0.819. The summed E-state index contributed by atoms with van der Waals surface area (Å²) in [5, 5.41) is 0. The third-order valence-electron chi connectivity index (χ3n) is 2.82. The Hall–Kier alpha value is -1.91. The first kappa shape index (κ1) is 14.5. The van der Waals surface area contributed by atoms with Crippen LogP contribution in [-0.4, -0.2) is 14.4 Å². The lowest BCUT2D eigenvalue weighted by Crippen LogP contribution is -2.10. The Labute approximate surface area is 119 Å². The second-order valence-electron chi connectivity index (χ2n) is 4.34. The molecule has 2 aromatic rings. The molecule has 104 valence electrons. The van der Waals surface area contributed by atoms with Crippen LogP contribution in [0.2, 0.25) is 0 Å². The average Bonchev–Trinajstić information content (AvgIpc) is 2.49. The molecular formula is C16H16O3S. The minimum absolute atomic E-state index is 0.267. The van der Waals surface area contributed by atoms with Gasteiger partial charge in [0.15, 0.2) is 5.94 Å². The summed E-state index contributed by atoms with van der Waals surface area (Å²) in [6.45, 7) is 3.95. The summed E-state index contributed by atoms with van der Waals surface area (Å²) in [6, 6.07) is 15.9. The maximum atomic E-state index is 12.0. The first-order valence-corrected chi connectivity index (χ1v) is 7.84. The van der Waals surface area contributed by atoms with Crippen LogP contribution in [0.15, 0.2) is 66.1 Å². The zero-order valence-electron chi connectivity index (χ0n) is 11.0. The van der Waals surface area contributed by atoms with Crippen LogP contribution in [0.25, 0.3) is 6.08 Å². The second kappa shape index (κ2) is 6.50. The number of rotatable bonds is 6. The molecule has 0 saturated carbocycles. The van der Waals surface area contributed by atoms with Crippen molar-refractivity contribution in [2.75, 3.05) is 5.94 Å². The standard InChI is InChI=1S/C16H16O3S/c1-2-14-8-10-15(11-9-14)12-19-13-20(17,18)16-6-4-3-5-7-16/h2-11H,1,12-13H2. The van der Waals surface area contributed by atoms with E-state index in [-0.39, 0.29) is 17.4 Å². The van der Waals surface area contributed by atoms with Gasteiger partial charge in [-0.25, -0.2) is 8.42 Å². The van der Waals surface area contributed by atoms with Crippen LogP contribution in [-0.2, 0) is 21.2 Å². The van der Waals surface area contributed by atoms with Gasteiger partial charge < -0.3 is 4.74 Å². The Morgan fingerprint density at radius 2 is 1.65 bits per heavy atom. The molecular weight excluding hydrogens is 272 g/mol. The first-order chi connectivity index (χ1) is 9.62. The van der Waals surface area contributed by atoms with E-state index in [0.717, 1.165) is 11.1 Å². The topological polar surface area (TPSA) is 43.4 Å². The molecule has 2 aromatic carbocycles. The predicted octanol–water partition coefficient (Wildman–Crippen LogP) is 3.28. The number of hydrogen-bond acceptors (Lipinski definition) is 3. The minimum Gasteiger partial charge on any atom is -0.360 e. The molecule has 0 unspecified atom stereocenters. The highest BCUT2D eigenvalue weighted by atomic mass is 32.2. The Morgan fingerprint density at radius 1 is 1.00 bits per heavy atom. The van der Waals surface area contributed by atoms with E-state index in [9.17, 15) is 8.42 Å². The van der Waals surface area contributed by atoms with E-state index in [1.54, 1.807) is 36.4 Å². The van der Waals surface area contributed by atoms with Crippen LogP contribution in [0.4, 0.5) is 0 Å². The van der Waals surface area contributed by atoms with Gasteiger partial charge >= 0.3 is 0 Å². The van der Waals surface area contributed by atoms with Crippen LogP contribution >= 0.6 is 0 Å². The molecule has 2 rings (SSSR count). The van der Waals surface area contributed by atoms with Crippen molar-refractivity contribution in [1.29, 1.82) is 0 Å². The molecule has 0 atom stereocenters. The number of sulfone groups is 1. The lowest BCUT2D eigenvalue weighted by Gasteiger charge is -2.06. The molecule has 0 aliphatic heterocycles. The van der Waals surface area contributed by atoms with E-state index in [0.29, 0.717) is 0 Å². The minimum atomic E-state index is -3.38. The van der Waals surface area contributed by atoms with Gasteiger partial charge in [0.25, 0.3) is 0 Å². The second-order valence-corrected chi connectivity index (χ2v) is 6.28. The van der Waals surface area contributed by atoms with Gasteiger partial charge in [-0.2, -0.15) is 0 Å². The summed E-state index contributed by atoms with van der Waals surface area (Å²) in [5.41, 5.74) is 1.95. The summed E-state index contributed by atoms with van der Waals surface area (Å²) in [4.78, 5) is 0.280. The number of ether oxygens (including phenoxy) is 1. The fourth-order valence-corrected chi connectivity index (χ4v) is 2.73. The van der Waals surface area contributed by atoms with E-state index in [4.69, 9.17) is 4.74 Å². The van der Waals surface area contributed by atoms with E-state index in [1.165, 1.54) is 0 Å². The first-order valence-electron chi connectivity index (χ1n) is 6.19. The van der Waals surface area contributed by atoms with Crippen molar-refractivity contribution in [3.05, 3.63) is 72.3 Å². The third-order valence-corrected chi connectivity index (χ3v) is 4.29. The zero-order chi connectivity index (χ0) is 14.4. The molecule has 0 aromatic heterocycles. The molecule has 0 amide bonds. The summed E-state index contributed by atoms with van der Waals surface area (Å²) in [5.74, 6) is -0.319. The zero-order valence-corrected chi connectivity index (χ0v) is 11.8. The van der Waals surface area contributed by atoms with Gasteiger partial charge in [-0.1, -0.05) is 55.1 Å². The molecule has 0 heterocycles. The van der Waals surface area contributed by atoms with Gasteiger partial charge in [0, 0.05) is 0 Å². The third kappa shape index (κ3) is 3.79. The monoisotopic (exact) mass is 288 g/mol. The van der Waals surface area contributed by atoms with Crippen molar-refractivity contribution < 1.29 is 13.2 Å². The molecule has 0 bridgehead atoms. The normalized spacial score (nSPS) is 11.2. The smallest absolute Gasteiger partial charge is 0.202 e. The van der Waals surface area contributed by atoms with Gasteiger partial charge in [-0.15, -0.1) is 0 Å². The Bertz CT molecular complexity index is 659. The van der Waals surface area contributed by atoms with Crippen molar-refractivity contribution >= 4 is 15.9 Å². The molecule has 4 heteroatoms. The predicted molar refractivity (Wildman–Crippen MR) is 79.8 cm³/mol. The summed E-state index contributed by atoms with van der Waals surface area (Å²) in [7, 11) is -3.38. The SMILES string of the molecule is C=Cc1ccc(COCS(=O)(=O)c2ccccc2)cc1. The van der Waals surface area contributed by atoms with Crippen molar-refractivity contribution in [2.45, 2.75) is 11.5 Å². The van der Waals surface area contributed by atoms with Crippen LogP contribution in [0.1, 0.15) is 11.1 Å². The van der Waals surface area contributed by atoms with Crippen LogP contribution < -0.4 is 0 Å². The Kier molecular flexibility index (Phi) is 4.71. The highest BCUT2D eigenvalue weighted by molar-refractivity contribution is 7.91. The lowest BCUT2D eigenvalue weighted by molar-refractivity contribution is 0.163. The maximum absolute atomic E-state index is 12.0. The molecule has 0 saturated heterocycles. The van der Waals surface area contributed by atoms with Crippen molar-refractivity contribution in [1.82, 2.24) is 0 Å². The Morgan fingerprint density at radius 3 is 2.25 bits per heavy atom. The van der Waals surface area contributed by atoms with E-state index in [2.05, 4.69) is 6.58 Å². The summed E-state index contributed by atoms with van der Waals surface area (Å²) >= 11 is 0. The molecule has 0 radical (unpaired) electrons. The number of benzene rings is 2. The van der Waals surface area contributed by atoms with Gasteiger partial charge in [-0.3, -0.25) is 0 Å². The number of hydrogen-bond donors (Lipinski definition) is 0. The van der Waals surface area contributed by atoms with E-state index >= 15 is 0 Å². The van der Waals surface area contributed by atoms with Gasteiger partial charge in [-0.05, 0) is 23.3 Å². The largest absolute Gasteiger partial charge is 0.360 e. The molecule has 20 heavy (non-hydrogen) atoms. The highest BCUT2D eigenvalue weighted by Gasteiger charge is 2.13. The average molecular weight is 288 g/mol. The van der Waals surface area contributed by atoms with E-state index < -0.39 is 9.84 Å². The molecule has 0 spiro atoms. The summed E-state index contributed by atoms with van der Waals surface area (Å²) < 4.78 is 29.3. The van der Waals surface area contributed by atoms with Crippen molar-refractivity contribution in [2.24, 2.45) is 0 Å². The molecule has 0 aliphatic carbocycles. The molecule has 0 aliphatic rings. The maximum Gasteiger partial charge on any atom is 0.202 e. The van der Waals surface area contributed by atoms with Gasteiger partial charge in [0.1, 0.15) is 0 Å². The molecule has 0 N–H and O–H groups in total. The van der Waals surface area contributed by atoms with E-state index in [1.807, 2.05) is 24.3 Å². The van der Waals surface area contributed by atoms with Crippen molar-refractivity contribution in [3.8, 4) is 0 Å². The fourth-order valence-electron chi connectivity index (χ4n) is 1.72. The van der Waals surface area contributed by atoms with Gasteiger partial charge in [0.05, 0.1) is 11.5 Å². The summed E-state index contributed by atoms with van der Waals surface area (Å²) in [6.07, 6.45) is 1.75. The van der Waals surface area contributed by atoms with Crippen molar-refractivity contribution in [3.63, 3.8) is 0 Å². The fraction of sp³-hybridized carbons (Fsp3) is 0.125. The van der Waals surface area contributed by atoms with Gasteiger partial charge in [0.2, 0.25) is 9.84 Å². The highest BCUT2D eigenvalue weighted by Crippen LogP contribution is 2.12. The van der Waals surface area contributed by atoms with Crippen LogP contribution in [0, 0.1) is 0 Å². The molecule has 3 nitrogen and oxygen atoms in total. The molecule has 0 fully saturated rings. The van der Waals surface area contributed by atoms with Crippen LogP contribution in [0.5, 0.6) is 0 Å². The lowest BCUT2D eigenvalue weighted by atomic mass is 10.1. The Balaban J connectivity index is 1.93. The van der Waals surface area contributed by atoms with Crippen LogP contribution in [0.3, 0.4) is 0 Å².